The van der Waals surface area contributed by atoms with Gasteiger partial charge in [0.25, 0.3) is 0 Å². The van der Waals surface area contributed by atoms with E-state index in [0.717, 1.165) is 17.1 Å². The molecule has 2 aliphatic carbocycles. The van der Waals surface area contributed by atoms with Gasteiger partial charge < -0.3 is 4.90 Å². The Morgan fingerprint density at radius 3 is 1.43 bits per heavy atom. The fourth-order valence-corrected chi connectivity index (χ4v) is 13.1. The normalized spacial score (nSPS) is 12.9. The van der Waals surface area contributed by atoms with E-state index in [1.807, 2.05) is 11.3 Å². The van der Waals surface area contributed by atoms with Gasteiger partial charge in [-0.25, -0.2) is 0 Å². The number of thiophene rings is 1. The van der Waals surface area contributed by atoms with Gasteiger partial charge in [0.1, 0.15) is 0 Å². The number of benzene rings is 11. The summed E-state index contributed by atoms with van der Waals surface area (Å²) in [6.45, 7) is 0. The first-order valence-corrected chi connectivity index (χ1v) is 24.0. The number of hydrogen-bond acceptors (Lipinski definition) is 2. The van der Waals surface area contributed by atoms with Gasteiger partial charge >= 0.3 is 0 Å². The van der Waals surface area contributed by atoms with E-state index < -0.39 is 5.41 Å². The Kier molecular flexibility index (Phi) is 8.44. The monoisotopic (exact) mass is 867 g/mol. The van der Waals surface area contributed by atoms with Crippen molar-refractivity contribution in [3.05, 3.63) is 271 Å². The topological polar surface area (TPSA) is 3.24 Å². The molecule has 0 bridgehead atoms. The molecule has 0 saturated carbocycles. The Morgan fingerprint density at radius 1 is 0.299 bits per heavy atom. The summed E-state index contributed by atoms with van der Waals surface area (Å²) in [6.07, 6.45) is 0. The molecule has 0 amide bonds. The quantitative estimate of drug-likeness (QED) is 0.151. The van der Waals surface area contributed by atoms with Crippen LogP contribution >= 0.6 is 11.3 Å². The van der Waals surface area contributed by atoms with Crippen LogP contribution in [0.5, 0.6) is 0 Å². The largest absolute Gasteiger partial charge is 0.310 e. The van der Waals surface area contributed by atoms with Crippen molar-refractivity contribution in [2.45, 2.75) is 5.41 Å². The van der Waals surface area contributed by atoms with Gasteiger partial charge in [-0.1, -0.05) is 206 Å². The standard InChI is InChI=1S/C65H41NS/c1-4-18-43(19-5-1)61-62-54-28-11-10-24-49(54)56-40-45(34-38-55(56)64(62)67-63(61)44-20-6-2-7-21-44)42-32-35-47(36-33-42)66(46-22-8-3-9-23-46)48-37-39-53-52-27-14-17-31-59(52)65(60(53)41-48)57-29-15-12-25-50(57)51-26-13-16-30-58(51)65/h1-41H. The van der Waals surface area contributed by atoms with Crippen molar-refractivity contribution in [3.8, 4) is 54.9 Å². The zero-order valence-corrected chi connectivity index (χ0v) is 37.3. The van der Waals surface area contributed by atoms with Gasteiger partial charge in [0, 0.05) is 43.0 Å². The predicted molar refractivity (Wildman–Crippen MR) is 284 cm³/mol. The van der Waals surface area contributed by atoms with Gasteiger partial charge in [-0.05, 0) is 125 Å². The van der Waals surface area contributed by atoms with Crippen molar-refractivity contribution >= 4 is 60.0 Å². The number of para-hydroxylation sites is 1. The zero-order valence-electron chi connectivity index (χ0n) is 36.5. The third-order valence-electron chi connectivity index (χ3n) is 14.5. The Balaban J connectivity index is 0.913. The van der Waals surface area contributed by atoms with Crippen LogP contribution in [0.25, 0.3) is 86.6 Å². The van der Waals surface area contributed by atoms with E-state index in [-0.39, 0.29) is 0 Å². The molecule has 312 valence electrons. The highest BCUT2D eigenvalue weighted by atomic mass is 32.1. The lowest BCUT2D eigenvalue weighted by Gasteiger charge is -2.32. The highest BCUT2D eigenvalue weighted by molar-refractivity contribution is 7.24. The van der Waals surface area contributed by atoms with Gasteiger partial charge in [0.2, 0.25) is 0 Å². The lowest BCUT2D eigenvalue weighted by molar-refractivity contribution is 0.793. The molecule has 1 aromatic heterocycles. The summed E-state index contributed by atoms with van der Waals surface area (Å²) < 4.78 is 1.33. The van der Waals surface area contributed by atoms with Gasteiger partial charge in [-0.15, -0.1) is 11.3 Å². The van der Waals surface area contributed by atoms with E-state index in [2.05, 4.69) is 254 Å². The van der Waals surface area contributed by atoms with Crippen molar-refractivity contribution in [3.63, 3.8) is 0 Å². The molecule has 0 atom stereocenters. The first-order chi connectivity index (χ1) is 33.3. The average molecular weight is 868 g/mol. The van der Waals surface area contributed by atoms with Crippen LogP contribution in [0, 0.1) is 0 Å². The molecule has 67 heavy (non-hydrogen) atoms. The Bertz CT molecular complexity index is 3840. The molecule has 12 aromatic rings. The first-order valence-electron chi connectivity index (χ1n) is 23.2. The van der Waals surface area contributed by atoms with Crippen LogP contribution < -0.4 is 4.90 Å². The second kappa shape index (κ2) is 14.9. The van der Waals surface area contributed by atoms with E-state index in [4.69, 9.17) is 0 Å². The van der Waals surface area contributed by atoms with E-state index >= 15 is 0 Å². The predicted octanol–water partition coefficient (Wildman–Crippen LogP) is 18.0. The van der Waals surface area contributed by atoms with Crippen LogP contribution in [0.1, 0.15) is 22.3 Å². The molecule has 0 N–H and O–H groups in total. The minimum atomic E-state index is -0.414. The Morgan fingerprint density at radius 2 is 0.791 bits per heavy atom. The molecule has 0 radical (unpaired) electrons. The van der Waals surface area contributed by atoms with Gasteiger partial charge in [-0.2, -0.15) is 0 Å². The second-order valence-corrected chi connectivity index (χ2v) is 18.9. The SMILES string of the molecule is c1ccc(-c2sc3c4ccc(-c5ccc(N(c6ccccc6)c6ccc7c(c6)C6(c8ccccc8-c8ccccc86)c6ccccc6-7)cc5)cc4c4ccccc4c3c2-c2ccccc2)cc1. The fourth-order valence-electron chi connectivity index (χ4n) is 11.7. The Hall–Kier alpha value is -8.30. The number of rotatable bonds is 6. The van der Waals surface area contributed by atoms with Crippen LogP contribution in [0.3, 0.4) is 0 Å². The minimum Gasteiger partial charge on any atom is -0.310 e. The molecule has 1 spiro atoms. The van der Waals surface area contributed by atoms with Crippen LogP contribution in [-0.4, -0.2) is 0 Å². The maximum absolute atomic E-state index is 2.47. The first kappa shape index (κ1) is 38.0. The van der Waals surface area contributed by atoms with Crippen molar-refractivity contribution in [2.75, 3.05) is 4.90 Å². The maximum Gasteiger partial charge on any atom is 0.0726 e. The lowest BCUT2D eigenvalue weighted by atomic mass is 9.70. The molecule has 1 heterocycles. The number of hydrogen-bond donors (Lipinski definition) is 0. The van der Waals surface area contributed by atoms with Gasteiger partial charge in [-0.3, -0.25) is 0 Å². The summed E-state index contributed by atoms with van der Waals surface area (Å²) in [5, 5.41) is 6.46. The average Bonchev–Trinajstić information content (AvgIpc) is 4.05. The molecule has 1 nitrogen and oxygen atoms in total. The third-order valence-corrected chi connectivity index (χ3v) is 15.7. The van der Waals surface area contributed by atoms with Crippen LogP contribution in [-0.2, 0) is 5.41 Å². The van der Waals surface area contributed by atoms with Gasteiger partial charge in [0.15, 0.2) is 0 Å². The van der Waals surface area contributed by atoms with Crippen LogP contribution in [0.2, 0.25) is 0 Å². The maximum atomic E-state index is 2.47. The molecule has 0 saturated heterocycles. The van der Waals surface area contributed by atoms with Crippen molar-refractivity contribution in [1.82, 2.24) is 0 Å². The molecule has 0 unspecified atom stereocenters. The molecule has 11 aromatic carbocycles. The van der Waals surface area contributed by atoms with Crippen molar-refractivity contribution in [2.24, 2.45) is 0 Å². The van der Waals surface area contributed by atoms with E-state index in [0.29, 0.717) is 0 Å². The summed E-state index contributed by atoms with van der Waals surface area (Å²) in [6, 6.07) is 92.2. The fraction of sp³-hybridized carbons (Fsp3) is 0.0154. The number of nitrogens with zero attached hydrogens (tertiary/aromatic N) is 1. The molecule has 0 aliphatic heterocycles. The lowest BCUT2D eigenvalue weighted by Crippen LogP contribution is -2.26. The second-order valence-electron chi connectivity index (χ2n) is 17.9. The molecule has 2 heteroatoms. The van der Waals surface area contributed by atoms with Crippen LogP contribution in [0.4, 0.5) is 17.1 Å². The summed E-state index contributed by atoms with van der Waals surface area (Å²) in [4.78, 5) is 3.73. The summed E-state index contributed by atoms with van der Waals surface area (Å²) >= 11 is 1.92. The molecule has 2 aliphatic rings. The van der Waals surface area contributed by atoms with Crippen molar-refractivity contribution < 1.29 is 0 Å². The molecule has 0 fully saturated rings. The summed E-state index contributed by atoms with van der Waals surface area (Å²) in [7, 11) is 0. The smallest absolute Gasteiger partial charge is 0.0726 e. The summed E-state index contributed by atoms with van der Waals surface area (Å²) in [5.74, 6) is 0. The van der Waals surface area contributed by atoms with Crippen LogP contribution in [0.15, 0.2) is 249 Å². The third kappa shape index (κ3) is 5.54. The van der Waals surface area contributed by atoms with E-state index in [1.165, 1.54) is 109 Å². The Labute approximate surface area is 394 Å². The highest BCUT2D eigenvalue weighted by Crippen LogP contribution is 2.63. The molecular weight excluding hydrogens is 827 g/mol. The van der Waals surface area contributed by atoms with E-state index in [1.54, 1.807) is 0 Å². The zero-order chi connectivity index (χ0) is 44.1. The van der Waals surface area contributed by atoms with Crippen molar-refractivity contribution in [1.29, 1.82) is 0 Å². The summed E-state index contributed by atoms with van der Waals surface area (Å²) in [5.41, 5.74) is 19.8. The highest BCUT2D eigenvalue weighted by Gasteiger charge is 2.51. The van der Waals surface area contributed by atoms with Gasteiger partial charge in [0.05, 0.1) is 5.41 Å². The molecular formula is C65H41NS. The number of anilines is 3. The minimum absolute atomic E-state index is 0.414. The number of fused-ring (bicyclic) bond motifs is 16. The van der Waals surface area contributed by atoms with E-state index in [9.17, 15) is 0 Å². The molecule has 14 rings (SSSR count).